The Morgan fingerprint density at radius 2 is 1.46 bits per heavy atom. The molecule has 2 aliphatic rings. The lowest BCUT2D eigenvalue weighted by atomic mass is 9.80. The smallest absolute Gasteiger partial charge is 0.219 e. The molecule has 2 aliphatic heterocycles. The van der Waals surface area contributed by atoms with Crippen molar-refractivity contribution in [3.8, 4) is 11.5 Å². The van der Waals surface area contributed by atoms with Crippen LogP contribution in [0.1, 0.15) is 52.5 Å². The second-order valence-electron chi connectivity index (χ2n) is 14.1. The van der Waals surface area contributed by atoms with Crippen molar-refractivity contribution < 1.29 is 28.3 Å². The van der Waals surface area contributed by atoms with Gasteiger partial charge < -0.3 is 29.2 Å². The maximum absolute atomic E-state index is 12.9. The number of anilines is 1. The first-order chi connectivity index (χ1) is 29.0. The van der Waals surface area contributed by atoms with E-state index in [2.05, 4.69) is 31.8 Å². The third-order valence-electron chi connectivity index (χ3n) is 10.6. The molecule has 0 bridgehead atoms. The van der Waals surface area contributed by atoms with Crippen LogP contribution in [-0.2, 0) is 19.6 Å². The molecule has 4 heterocycles. The van der Waals surface area contributed by atoms with Crippen LogP contribution in [-0.4, -0.2) is 86.9 Å². The minimum atomic E-state index is -1.09. The molecule has 0 saturated carbocycles. The number of benzene rings is 4. The summed E-state index contributed by atoms with van der Waals surface area (Å²) in [5.74, 6) is 3.24. The van der Waals surface area contributed by atoms with Crippen LogP contribution in [0.2, 0.25) is 0 Å². The number of methoxy groups -OCH3 is 2. The average molecular weight is 851 g/mol. The number of carbonyl (C=O) groups excluding carboxylic acids is 1. The molecule has 306 valence electrons. The number of nitrogen functional groups attached to an aromatic ring is 1. The van der Waals surface area contributed by atoms with Crippen molar-refractivity contribution in [3.63, 3.8) is 0 Å². The lowest BCUT2D eigenvalue weighted by Crippen LogP contribution is -2.38. The van der Waals surface area contributed by atoms with E-state index >= 15 is 0 Å². The molecule has 4 atom stereocenters. The summed E-state index contributed by atoms with van der Waals surface area (Å²) in [4.78, 5) is 26.1. The lowest BCUT2D eigenvalue weighted by molar-refractivity contribution is -0.0896. The van der Waals surface area contributed by atoms with E-state index in [1.165, 1.54) is 18.1 Å². The van der Waals surface area contributed by atoms with Crippen molar-refractivity contribution in [1.29, 1.82) is 0 Å². The minimum Gasteiger partial charge on any atom is -0.497 e. The molecule has 59 heavy (non-hydrogen) atoms. The van der Waals surface area contributed by atoms with E-state index in [1.54, 1.807) is 31.9 Å². The SMILES string of the molecule is COc1ccc(C(OC[C@H]2O[C@@H](n3cnc4c(N)ncnc43)C[C@@H]2OP(SCCSC(=O)c2ccccc2)N2CCCC2)(c2ccccc2)c2ccc(OC)cc2)cc1. The fourth-order valence-corrected chi connectivity index (χ4v) is 12.9. The predicted octanol–water partition coefficient (Wildman–Crippen LogP) is 8.74. The summed E-state index contributed by atoms with van der Waals surface area (Å²) in [5, 5.41) is 0.0782. The molecule has 0 aliphatic carbocycles. The van der Waals surface area contributed by atoms with Gasteiger partial charge in [-0.2, -0.15) is 0 Å². The zero-order chi connectivity index (χ0) is 40.6. The van der Waals surface area contributed by atoms with E-state index < -0.39 is 25.4 Å². The molecule has 0 amide bonds. The molecule has 8 rings (SSSR count). The first-order valence-electron chi connectivity index (χ1n) is 19.6. The van der Waals surface area contributed by atoms with Crippen molar-refractivity contribution in [2.75, 3.05) is 51.2 Å². The maximum Gasteiger partial charge on any atom is 0.219 e. The van der Waals surface area contributed by atoms with Crippen molar-refractivity contribution in [1.82, 2.24) is 24.2 Å². The number of fused-ring (bicyclic) bond motifs is 1. The molecular weight excluding hydrogens is 804 g/mol. The first kappa shape index (κ1) is 41.2. The fourth-order valence-electron chi connectivity index (χ4n) is 7.56. The topological polar surface area (TPSA) is 136 Å². The summed E-state index contributed by atoms with van der Waals surface area (Å²) in [5.41, 5.74) is 9.79. The molecule has 0 spiro atoms. The Kier molecular flexibility index (Phi) is 13.4. The maximum atomic E-state index is 12.9. The summed E-state index contributed by atoms with van der Waals surface area (Å²) in [6, 6.07) is 35.7. The number of carbonyl (C=O) groups is 1. The van der Waals surface area contributed by atoms with Gasteiger partial charge >= 0.3 is 0 Å². The van der Waals surface area contributed by atoms with Gasteiger partial charge in [0.15, 0.2) is 19.0 Å². The number of nitrogens with two attached hydrogens (primary N) is 1. The van der Waals surface area contributed by atoms with Gasteiger partial charge in [0, 0.05) is 36.6 Å². The molecule has 1 unspecified atom stereocenters. The van der Waals surface area contributed by atoms with Crippen molar-refractivity contribution in [2.45, 2.75) is 43.3 Å². The molecule has 6 aromatic rings. The molecule has 2 fully saturated rings. The normalized spacial score (nSPS) is 18.9. The van der Waals surface area contributed by atoms with Crippen LogP contribution in [0.3, 0.4) is 0 Å². The second-order valence-corrected chi connectivity index (χ2v) is 18.8. The number of thioether (sulfide) groups is 1. The van der Waals surface area contributed by atoms with Gasteiger partial charge in [0.25, 0.3) is 0 Å². The predicted molar refractivity (Wildman–Crippen MR) is 235 cm³/mol. The third-order valence-corrected chi connectivity index (χ3v) is 15.8. The number of ether oxygens (including phenoxy) is 4. The molecule has 0 radical (unpaired) electrons. The Morgan fingerprint density at radius 1 is 0.831 bits per heavy atom. The van der Waals surface area contributed by atoms with Gasteiger partial charge in [-0.25, -0.2) is 15.0 Å². The van der Waals surface area contributed by atoms with E-state index in [9.17, 15) is 4.79 Å². The van der Waals surface area contributed by atoms with Gasteiger partial charge in [-0.15, -0.1) is 0 Å². The first-order valence-corrected chi connectivity index (χ1v) is 23.4. The quantitative estimate of drug-likeness (QED) is 0.0533. The monoisotopic (exact) mass is 850 g/mol. The summed E-state index contributed by atoms with van der Waals surface area (Å²) < 4.78 is 37.1. The number of nitrogens with zero attached hydrogens (tertiary/aromatic N) is 5. The summed E-state index contributed by atoms with van der Waals surface area (Å²) >= 11 is 3.14. The Bertz CT molecular complexity index is 2240. The number of hydrogen-bond acceptors (Lipinski definition) is 13. The van der Waals surface area contributed by atoms with Gasteiger partial charge in [0.1, 0.15) is 41.3 Å². The number of rotatable bonds is 17. The molecule has 2 saturated heterocycles. The van der Waals surface area contributed by atoms with E-state index in [-0.39, 0.29) is 17.8 Å². The molecule has 2 aromatic heterocycles. The van der Waals surface area contributed by atoms with Crippen LogP contribution in [0.15, 0.2) is 122 Å². The highest BCUT2D eigenvalue weighted by atomic mass is 32.7. The Hall–Kier alpha value is -4.53. The van der Waals surface area contributed by atoms with Crippen LogP contribution < -0.4 is 15.2 Å². The molecular formula is C44H47N6O6PS2. The van der Waals surface area contributed by atoms with Crippen LogP contribution in [0, 0.1) is 0 Å². The zero-order valence-corrected chi connectivity index (χ0v) is 35.5. The summed E-state index contributed by atoms with van der Waals surface area (Å²) in [6.45, 7) is 2.11. The van der Waals surface area contributed by atoms with Crippen LogP contribution in [0.25, 0.3) is 11.2 Å². The largest absolute Gasteiger partial charge is 0.497 e. The van der Waals surface area contributed by atoms with Gasteiger partial charge in [-0.3, -0.25) is 14.0 Å². The highest BCUT2D eigenvalue weighted by Crippen LogP contribution is 2.58. The second kappa shape index (κ2) is 19.2. The summed E-state index contributed by atoms with van der Waals surface area (Å²) in [6.07, 6.45) is 4.62. The number of hydrogen-bond donors (Lipinski definition) is 1. The van der Waals surface area contributed by atoms with Gasteiger partial charge in [-0.1, -0.05) is 108 Å². The fraction of sp³-hybridized carbons (Fsp3) is 0.318. The number of imidazole rings is 1. The average Bonchev–Trinajstić information content (AvgIpc) is 4.07. The van der Waals surface area contributed by atoms with Crippen molar-refractivity contribution >= 4 is 52.7 Å². The Labute approximate surface area is 353 Å². The van der Waals surface area contributed by atoms with Gasteiger partial charge in [0.05, 0.1) is 33.3 Å². The summed E-state index contributed by atoms with van der Waals surface area (Å²) in [7, 11) is 2.23. The Balaban J connectivity index is 1.11. The van der Waals surface area contributed by atoms with Crippen LogP contribution in [0.4, 0.5) is 5.82 Å². The van der Waals surface area contributed by atoms with E-state index in [0.717, 1.165) is 59.9 Å². The lowest BCUT2D eigenvalue weighted by Gasteiger charge is -2.37. The van der Waals surface area contributed by atoms with E-state index in [0.29, 0.717) is 34.7 Å². The minimum absolute atomic E-state index is 0.0782. The third kappa shape index (κ3) is 9.14. The highest BCUT2D eigenvalue weighted by Gasteiger charge is 2.44. The van der Waals surface area contributed by atoms with Crippen LogP contribution >= 0.6 is 30.6 Å². The van der Waals surface area contributed by atoms with Crippen LogP contribution in [0.5, 0.6) is 11.5 Å². The molecule has 4 aromatic carbocycles. The molecule has 2 N–H and O–H groups in total. The molecule has 15 heteroatoms. The molecule has 12 nitrogen and oxygen atoms in total. The zero-order valence-electron chi connectivity index (χ0n) is 33.0. The van der Waals surface area contributed by atoms with Gasteiger partial charge in [0.2, 0.25) is 5.12 Å². The van der Waals surface area contributed by atoms with Crippen molar-refractivity contribution in [2.24, 2.45) is 0 Å². The van der Waals surface area contributed by atoms with Crippen molar-refractivity contribution in [3.05, 3.63) is 144 Å². The van der Waals surface area contributed by atoms with E-state index in [1.807, 2.05) is 102 Å². The standard InChI is InChI=1S/C44H47N6O6PS2/c1-52-35-19-15-33(16-20-35)44(32-13-7-4-8-14-32,34-17-21-36(53-2)22-18-34)54-28-38-37(27-39(55-38)50-30-48-40-41(45)46-29-47-42(40)50)56-57(49-23-9-10-24-49)59-26-25-58-43(51)31-11-5-3-6-12-31/h3-8,11-22,29-30,37-39H,9-10,23-28H2,1-2H3,(H2,45,46,47)/t37-,38+,39+,57?/m0/s1. The number of aromatic nitrogens is 4. The highest BCUT2D eigenvalue weighted by molar-refractivity contribution is 8.53. The van der Waals surface area contributed by atoms with Gasteiger partial charge in [-0.05, 0) is 53.8 Å². The Morgan fingerprint density at radius 3 is 2.10 bits per heavy atom. The van der Waals surface area contributed by atoms with E-state index in [4.69, 9.17) is 29.2 Å².